The standard InChI is InChI=1S/C15H21ClO3/c1-4-6-18-14-9-11(3)8-13(16)12(14)10-15(17)19-7-5-2/h8-9H,4-7,10H2,1-3H3. The molecule has 0 radical (unpaired) electrons. The molecule has 0 bridgehead atoms. The Balaban J connectivity index is 2.87. The van der Waals surface area contributed by atoms with Gasteiger partial charge in [0.15, 0.2) is 0 Å². The van der Waals surface area contributed by atoms with E-state index >= 15 is 0 Å². The molecule has 0 fully saturated rings. The molecule has 4 heteroatoms. The van der Waals surface area contributed by atoms with E-state index in [1.807, 2.05) is 32.9 Å². The molecule has 0 aliphatic heterocycles. The minimum Gasteiger partial charge on any atom is -0.493 e. The van der Waals surface area contributed by atoms with Crippen LogP contribution in [0.2, 0.25) is 5.02 Å². The zero-order valence-electron chi connectivity index (χ0n) is 11.8. The van der Waals surface area contributed by atoms with Crippen molar-refractivity contribution in [3.8, 4) is 5.75 Å². The maximum atomic E-state index is 11.7. The first-order chi connectivity index (χ1) is 9.08. The predicted molar refractivity (Wildman–Crippen MR) is 76.9 cm³/mol. The van der Waals surface area contributed by atoms with Crippen molar-refractivity contribution in [2.45, 2.75) is 40.0 Å². The van der Waals surface area contributed by atoms with Crippen LogP contribution in [0.5, 0.6) is 5.75 Å². The van der Waals surface area contributed by atoms with Gasteiger partial charge in [0.05, 0.1) is 19.6 Å². The van der Waals surface area contributed by atoms with Crippen LogP contribution in [-0.4, -0.2) is 19.2 Å². The maximum Gasteiger partial charge on any atom is 0.310 e. The number of esters is 1. The zero-order chi connectivity index (χ0) is 14.3. The highest BCUT2D eigenvalue weighted by molar-refractivity contribution is 6.31. The normalized spacial score (nSPS) is 10.3. The molecule has 0 unspecified atom stereocenters. The molecule has 0 saturated carbocycles. The Hall–Kier alpha value is -1.22. The second kappa shape index (κ2) is 8.05. The van der Waals surface area contributed by atoms with E-state index in [0.29, 0.717) is 29.5 Å². The van der Waals surface area contributed by atoms with E-state index in [1.54, 1.807) is 0 Å². The number of halogens is 1. The van der Waals surface area contributed by atoms with Crippen molar-refractivity contribution >= 4 is 17.6 Å². The molecule has 19 heavy (non-hydrogen) atoms. The van der Waals surface area contributed by atoms with Gasteiger partial charge in [0.25, 0.3) is 0 Å². The number of hydrogen-bond acceptors (Lipinski definition) is 3. The third-order valence-corrected chi connectivity index (χ3v) is 2.89. The van der Waals surface area contributed by atoms with E-state index in [1.165, 1.54) is 0 Å². The largest absolute Gasteiger partial charge is 0.493 e. The molecule has 0 spiro atoms. The summed E-state index contributed by atoms with van der Waals surface area (Å²) in [7, 11) is 0. The van der Waals surface area contributed by atoms with Crippen LogP contribution >= 0.6 is 11.6 Å². The van der Waals surface area contributed by atoms with Crippen LogP contribution in [0, 0.1) is 6.92 Å². The van der Waals surface area contributed by atoms with Gasteiger partial charge >= 0.3 is 5.97 Å². The Bertz CT molecular complexity index is 430. The molecular formula is C15H21ClO3. The van der Waals surface area contributed by atoms with E-state index in [-0.39, 0.29) is 12.4 Å². The Labute approximate surface area is 119 Å². The highest BCUT2D eigenvalue weighted by Gasteiger charge is 2.14. The number of aryl methyl sites for hydroxylation is 1. The third-order valence-electron chi connectivity index (χ3n) is 2.55. The Morgan fingerprint density at radius 2 is 1.89 bits per heavy atom. The van der Waals surface area contributed by atoms with Crippen molar-refractivity contribution in [2.75, 3.05) is 13.2 Å². The van der Waals surface area contributed by atoms with Gasteiger partial charge in [-0.25, -0.2) is 0 Å². The van der Waals surface area contributed by atoms with E-state index in [0.717, 1.165) is 18.4 Å². The molecule has 3 nitrogen and oxygen atoms in total. The highest BCUT2D eigenvalue weighted by atomic mass is 35.5. The zero-order valence-corrected chi connectivity index (χ0v) is 12.5. The summed E-state index contributed by atoms with van der Waals surface area (Å²) in [5.74, 6) is 0.411. The molecule has 0 saturated heterocycles. The lowest BCUT2D eigenvalue weighted by Gasteiger charge is -2.13. The fraction of sp³-hybridized carbons (Fsp3) is 0.533. The quantitative estimate of drug-likeness (QED) is 0.712. The molecule has 1 rings (SSSR count). The Kier molecular flexibility index (Phi) is 6.71. The molecule has 1 aromatic rings. The lowest BCUT2D eigenvalue weighted by molar-refractivity contribution is -0.142. The molecule has 0 aromatic heterocycles. The van der Waals surface area contributed by atoms with Gasteiger partial charge in [0.2, 0.25) is 0 Å². The Morgan fingerprint density at radius 3 is 2.53 bits per heavy atom. The second-order valence-corrected chi connectivity index (χ2v) is 4.88. The molecular weight excluding hydrogens is 264 g/mol. The van der Waals surface area contributed by atoms with Gasteiger partial charge in [-0.3, -0.25) is 4.79 Å². The molecule has 106 valence electrons. The van der Waals surface area contributed by atoms with Crippen molar-refractivity contribution < 1.29 is 14.3 Å². The fourth-order valence-electron chi connectivity index (χ4n) is 1.66. The van der Waals surface area contributed by atoms with Gasteiger partial charge in [0, 0.05) is 10.6 Å². The minimum atomic E-state index is -0.269. The van der Waals surface area contributed by atoms with E-state index in [2.05, 4.69) is 0 Å². The first kappa shape index (κ1) is 15.8. The van der Waals surface area contributed by atoms with Gasteiger partial charge in [-0.15, -0.1) is 0 Å². The molecule has 0 atom stereocenters. The van der Waals surface area contributed by atoms with Crippen LogP contribution in [-0.2, 0) is 16.0 Å². The van der Waals surface area contributed by atoms with Gasteiger partial charge in [0.1, 0.15) is 5.75 Å². The Morgan fingerprint density at radius 1 is 1.21 bits per heavy atom. The number of benzene rings is 1. The summed E-state index contributed by atoms with van der Waals surface area (Å²) in [4.78, 5) is 11.7. The van der Waals surface area contributed by atoms with E-state index < -0.39 is 0 Å². The number of rotatable bonds is 7. The van der Waals surface area contributed by atoms with Crippen molar-refractivity contribution in [1.82, 2.24) is 0 Å². The molecule has 1 aromatic carbocycles. The first-order valence-electron chi connectivity index (χ1n) is 6.65. The predicted octanol–water partition coefficient (Wildman–Crippen LogP) is 3.93. The third kappa shape index (κ3) is 5.11. The minimum absolute atomic E-state index is 0.151. The smallest absolute Gasteiger partial charge is 0.310 e. The highest BCUT2D eigenvalue weighted by Crippen LogP contribution is 2.29. The molecule has 0 N–H and O–H groups in total. The van der Waals surface area contributed by atoms with Gasteiger partial charge in [-0.1, -0.05) is 25.4 Å². The monoisotopic (exact) mass is 284 g/mol. The number of hydrogen-bond donors (Lipinski definition) is 0. The van der Waals surface area contributed by atoms with E-state index in [9.17, 15) is 4.79 Å². The van der Waals surface area contributed by atoms with Crippen molar-refractivity contribution in [3.05, 3.63) is 28.3 Å². The lowest BCUT2D eigenvalue weighted by Crippen LogP contribution is -2.11. The maximum absolute atomic E-state index is 11.7. The average Bonchev–Trinajstić information content (AvgIpc) is 2.37. The molecule has 0 heterocycles. The fourth-order valence-corrected chi connectivity index (χ4v) is 2.00. The first-order valence-corrected chi connectivity index (χ1v) is 7.03. The van der Waals surface area contributed by atoms with Crippen molar-refractivity contribution in [2.24, 2.45) is 0 Å². The second-order valence-electron chi connectivity index (χ2n) is 4.47. The number of carbonyl (C=O) groups excluding carboxylic acids is 1. The molecule has 0 aliphatic rings. The summed E-state index contributed by atoms with van der Waals surface area (Å²) < 4.78 is 10.7. The van der Waals surface area contributed by atoms with Crippen molar-refractivity contribution in [3.63, 3.8) is 0 Å². The van der Waals surface area contributed by atoms with Crippen LogP contribution in [0.25, 0.3) is 0 Å². The lowest BCUT2D eigenvalue weighted by atomic mass is 10.1. The topological polar surface area (TPSA) is 35.5 Å². The van der Waals surface area contributed by atoms with Crippen molar-refractivity contribution in [1.29, 1.82) is 0 Å². The number of ether oxygens (including phenoxy) is 2. The van der Waals surface area contributed by atoms with Gasteiger partial charge in [-0.05, 0) is 37.5 Å². The summed E-state index contributed by atoms with van der Waals surface area (Å²) in [6.07, 6.45) is 1.87. The number of carbonyl (C=O) groups is 1. The van der Waals surface area contributed by atoms with Crippen LogP contribution in [0.1, 0.15) is 37.8 Å². The summed E-state index contributed by atoms with van der Waals surface area (Å²) in [5, 5.41) is 0.555. The van der Waals surface area contributed by atoms with Gasteiger partial charge in [-0.2, -0.15) is 0 Å². The average molecular weight is 285 g/mol. The van der Waals surface area contributed by atoms with Crippen LogP contribution in [0.3, 0.4) is 0 Å². The summed E-state index contributed by atoms with van der Waals surface area (Å²) in [6.45, 7) is 6.99. The summed E-state index contributed by atoms with van der Waals surface area (Å²) in [5.41, 5.74) is 1.73. The van der Waals surface area contributed by atoms with Crippen LogP contribution < -0.4 is 4.74 Å². The van der Waals surface area contributed by atoms with Crippen LogP contribution in [0.15, 0.2) is 12.1 Å². The SMILES string of the molecule is CCCOC(=O)Cc1c(Cl)cc(C)cc1OCCC. The van der Waals surface area contributed by atoms with Gasteiger partial charge < -0.3 is 9.47 Å². The van der Waals surface area contributed by atoms with E-state index in [4.69, 9.17) is 21.1 Å². The molecule has 0 amide bonds. The van der Waals surface area contributed by atoms with Crippen LogP contribution in [0.4, 0.5) is 0 Å². The summed E-state index contributed by atoms with van der Waals surface area (Å²) in [6, 6.07) is 3.74. The summed E-state index contributed by atoms with van der Waals surface area (Å²) >= 11 is 6.20. The molecule has 0 aliphatic carbocycles.